The summed E-state index contributed by atoms with van der Waals surface area (Å²) in [6, 6.07) is 7.62. The molecule has 17 heavy (non-hydrogen) atoms. The predicted molar refractivity (Wildman–Crippen MR) is 63.6 cm³/mol. The van der Waals surface area contributed by atoms with Crippen molar-refractivity contribution in [3.63, 3.8) is 0 Å². The maximum Gasteiger partial charge on any atom is 0.411 e. The van der Waals surface area contributed by atoms with E-state index in [9.17, 15) is 13.2 Å². The highest BCUT2D eigenvalue weighted by molar-refractivity contribution is 7.98. The van der Waals surface area contributed by atoms with Crippen molar-refractivity contribution < 1.29 is 17.9 Å². The summed E-state index contributed by atoms with van der Waals surface area (Å²) in [7, 11) is 0. The highest BCUT2D eigenvalue weighted by Crippen LogP contribution is 2.24. The van der Waals surface area contributed by atoms with Gasteiger partial charge in [0.25, 0.3) is 0 Å². The van der Waals surface area contributed by atoms with Crippen LogP contribution in [0, 0.1) is 0 Å². The van der Waals surface area contributed by atoms with Gasteiger partial charge in [-0.15, -0.1) is 11.8 Å². The zero-order valence-corrected chi connectivity index (χ0v) is 10.2. The van der Waals surface area contributed by atoms with Gasteiger partial charge in [-0.2, -0.15) is 13.2 Å². The molecule has 0 aliphatic heterocycles. The Hall–Kier alpha value is -0.880. The van der Waals surface area contributed by atoms with Crippen LogP contribution < -0.4 is 5.32 Å². The minimum Gasteiger partial charge on any atom is -0.382 e. The molecule has 0 unspecified atom stereocenters. The molecule has 1 N–H and O–H groups in total. The molecule has 0 spiro atoms. The molecule has 0 radical (unpaired) electrons. The number of rotatable bonds is 6. The van der Waals surface area contributed by atoms with Crippen LogP contribution in [0.5, 0.6) is 0 Å². The highest BCUT2D eigenvalue weighted by Gasteiger charge is 2.27. The Morgan fingerprint density at radius 1 is 1.29 bits per heavy atom. The Morgan fingerprint density at radius 3 is 2.65 bits per heavy atom. The number of halogens is 3. The highest BCUT2D eigenvalue weighted by atomic mass is 32.2. The zero-order chi connectivity index (χ0) is 12.7. The Bertz CT molecular complexity index is 344. The van der Waals surface area contributed by atoms with Crippen molar-refractivity contribution >= 4 is 17.4 Å². The van der Waals surface area contributed by atoms with Crippen molar-refractivity contribution in [2.45, 2.75) is 11.1 Å². The molecule has 0 bridgehead atoms. The zero-order valence-electron chi connectivity index (χ0n) is 9.38. The van der Waals surface area contributed by atoms with Gasteiger partial charge in [-0.3, -0.25) is 0 Å². The molecule has 0 aliphatic carbocycles. The number of thioether (sulfide) groups is 1. The van der Waals surface area contributed by atoms with Crippen molar-refractivity contribution in [3.8, 4) is 0 Å². The van der Waals surface area contributed by atoms with Crippen LogP contribution in [0.1, 0.15) is 0 Å². The van der Waals surface area contributed by atoms with E-state index in [1.807, 2.05) is 30.5 Å². The first-order valence-electron chi connectivity index (χ1n) is 5.04. The Labute approximate surface area is 103 Å². The van der Waals surface area contributed by atoms with Crippen LogP contribution in [-0.4, -0.2) is 32.2 Å². The van der Waals surface area contributed by atoms with Gasteiger partial charge in [-0.25, -0.2) is 0 Å². The Morgan fingerprint density at radius 2 is 2.00 bits per heavy atom. The number of ether oxygens (including phenoxy) is 1. The van der Waals surface area contributed by atoms with Crippen LogP contribution in [0.2, 0.25) is 0 Å². The van der Waals surface area contributed by atoms with E-state index in [0.29, 0.717) is 6.54 Å². The first-order chi connectivity index (χ1) is 8.03. The topological polar surface area (TPSA) is 21.3 Å². The first kappa shape index (κ1) is 14.2. The molecule has 0 atom stereocenters. The van der Waals surface area contributed by atoms with E-state index in [1.54, 1.807) is 11.8 Å². The van der Waals surface area contributed by atoms with Crippen molar-refractivity contribution in [2.24, 2.45) is 0 Å². The van der Waals surface area contributed by atoms with Gasteiger partial charge < -0.3 is 10.1 Å². The third kappa shape index (κ3) is 5.83. The number of hydrogen-bond acceptors (Lipinski definition) is 3. The summed E-state index contributed by atoms with van der Waals surface area (Å²) in [6.07, 6.45) is -2.31. The molecule has 2 nitrogen and oxygen atoms in total. The second-order valence-electron chi connectivity index (χ2n) is 3.29. The molecule has 6 heteroatoms. The quantitative estimate of drug-likeness (QED) is 0.629. The summed E-state index contributed by atoms with van der Waals surface area (Å²) in [6.45, 7) is -0.811. The molecule has 0 amide bonds. The van der Waals surface area contributed by atoms with Gasteiger partial charge >= 0.3 is 6.18 Å². The molecule has 1 aromatic carbocycles. The number of anilines is 1. The average molecular weight is 265 g/mol. The minimum atomic E-state index is -4.25. The van der Waals surface area contributed by atoms with E-state index >= 15 is 0 Å². The molecule has 0 aliphatic rings. The van der Waals surface area contributed by atoms with Crippen LogP contribution >= 0.6 is 11.8 Å². The van der Waals surface area contributed by atoms with Crippen LogP contribution in [0.25, 0.3) is 0 Å². The molecular weight excluding hydrogens is 251 g/mol. The third-order valence-electron chi connectivity index (χ3n) is 1.93. The summed E-state index contributed by atoms with van der Waals surface area (Å²) in [5.74, 6) is 0. The minimum absolute atomic E-state index is 0.0300. The molecule has 0 saturated carbocycles. The Balaban J connectivity index is 2.27. The second-order valence-corrected chi connectivity index (χ2v) is 4.14. The molecule has 1 rings (SSSR count). The fourth-order valence-corrected chi connectivity index (χ4v) is 1.81. The Kier molecular flexibility index (Phi) is 5.64. The maximum atomic E-state index is 11.8. The van der Waals surface area contributed by atoms with Gasteiger partial charge in [0.2, 0.25) is 0 Å². The van der Waals surface area contributed by atoms with Crippen molar-refractivity contribution in [1.29, 1.82) is 0 Å². The number of para-hydroxylation sites is 1. The second kappa shape index (κ2) is 6.76. The normalized spacial score (nSPS) is 11.5. The van der Waals surface area contributed by atoms with E-state index in [-0.39, 0.29) is 6.61 Å². The van der Waals surface area contributed by atoms with Crippen LogP contribution in [0.4, 0.5) is 18.9 Å². The van der Waals surface area contributed by atoms with Gasteiger partial charge in [0, 0.05) is 17.1 Å². The van der Waals surface area contributed by atoms with Gasteiger partial charge in [0.05, 0.1) is 6.61 Å². The maximum absolute atomic E-state index is 11.8. The van der Waals surface area contributed by atoms with Crippen molar-refractivity contribution in [3.05, 3.63) is 24.3 Å². The summed E-state index contributed by atoms with van der Waals surface area (Å²) < 4.78 is 39.8. The van der Waals surface area contributed by atoms with Gasteiger partial charge in [0.15, 0.2) is 0 Å². The van der Waals surface area contributed by atoms with Gasteiger partial charge in [-0.1, -0.05) is 12.1 Å². The van der Waals surface area contributed by atoms with Crippen molar-refractivity contribution in [1.82, 2.24) is 0 Å². The first-order valence-corrected chi connectivity index (χ1v) is 6.27. The van der Waals surface area contributed by atoms with Gasteiger partial charge in [0.1, 0.15) is 6.61 Å². The molecule has 0 saturated heterocycles. The average Bonchev–Trinajstić information content (AvgIpc) is 2.27. The van der Waals surface area contributed by atoms with Crippen molar-refractivity contribution in [2.75, 3.05) is 31.3 Å². The van der Waals surface area contributed by atoms with E-state index in [1.165, 1.54) is 0 Å². The third-order valence-corrected chi connectivity index (χ3v) is 2.73. The lowest BCUT2D eigenvalue weighted by Crippen LogP contribution is -2.20. The van der Waals surface area contributed by atoms with Gasteiger partial charge in [-0.05, 0) is 18.4 Å². The molecule has 0 aromatic heterocycles. The summed E-state index contributed by atoms with van der Waals surface area (Å²) >= 11 is 1.58. The predicted octanol–water partition coefficient (Wildman–Crippen LogP) is 3.40. The summed E-state index contributed by atoms with van der Waals surface area (Å²) in [4.78, 5) is 1.06. The van der Waals surface area contributed by atoms with Crippen LogP contribution in [0.3, 0.4) is 0 Å². The summed E-state index contributed by atoms with van der Waals surface area (Å²) in [5.41, 5.74) is 0.913. The smallest absolute Gasteiger partial charge is 0.382 e. The number of alkyl halides is 3. The lowest BCUT2D eigenvalue weighted by Gasteiger charge is -2.11. The molecular formula is C11H14F3NOS. The van der Waals surface area contributed by atoms with E-state index < -0.39 is 12.8 Å². The monoisotopic (exact) mass is 265 g/mol. The van der Waals surface area contributed by atoms with E-state index in [2.05, 4.69) is 10.1 Å². The van der Waals surface area contributed by atoms with E-state index in [4.69, 9.17) is 0 Å². The number of hydrogen-bond donors (Lipinski definition) is 1. The van der Waals surface area contributed by atoms with Crippen LogP contribution in [-0.2, 0) is 4.74 Å². The molecule has 0 heterocycles. The largest absolute Gasteiger partial charge is 0.411 e. The number of nitrogens with one attached hydrogen (secondary N) is 1. The fraction of sp³-hybridized carbons (Fsp3) is 0.455. The molecule has 1 aromatic rings. The SMILES string of the molecule is CSc1ccccc1NCCOCC(F)(F)F. The fourth-order valence-electron chi connectivity index (χ4n) is 1.24. The summed E-state index contributed by atoms with van der Waals surface area (Å²) in [5, 5.41) is 3.04. The number of benzene rings is 1. The van der Waals surface area contributed by atoms with E-state index in [0.717, 1.165) is 10.6 Å². The lowest BCUT2D eigenvalue weighted by molar-refractivity contribution is -0.172. The molecule has 96 valence electrons. The molecule has 0 fully saturated rings. The standard InChI is InChI=1S/C11H14F3NOS/c1-17-10-5-3-2-4-9(10)15-6-7-16-8-11(12,13)14/h2-5,15H,6-8H2,1H3. The van der Waals surface area contributed by atoms with Crippen LogP contribution in [0.15, 0.2) is 29.2 Å². The lowest BCUT2D eigenvalue weighted by atomic mass is 10.3.